The van der Waals surface area contributed by atoms with Gasteiger partial charge in [0, 0.05) is 15.5 Å². The van der Waals surface area contributed by atoms with Gasteiger partial charge in [-0.2, -0.15) is 0 Å². The van der Waals surface area contributed by atoms with Crippen LogP contribution in [0.2, 0.25) is 5.02 Å². The van der Waals surface area contributed by atoms with E-state index in [1.54, 1.807) is 12.1 Å². The fraction of sp³-hybridized carbons (Fsp3) is 0.200. The highest BCUT2D eigenvalue weighted by molar-refractivity contribution is 8.01. The van der Waals surface area contributed by atoms with E-state index in [-0.39, 0.29) is 16.7 Å². The van der Waals surface area contributed by atoms with E-state index in [0.29, 0.717) is 10.6 Å². The number of carbonyl (C=O) groups is 1. The number of carbonyl (C=O) groups excluding carboxylic acids is 1. The number of fused-ring (bicyclic) bond motifs is 1. The molecule has 3 nitrogen and oxygen atoms in total. The minimum absolute atomic E-state index is 0.129. The normalized spacial score (nSPS) is 22.9. The molecule has 0 radical (unpaired) electrons. The smallest absolute Gasteiger partial charge is 0.212 e. The van der Waals surface area contributed by atoms with Crippen molar-refractivity contribution in [1.82, 2.24) is 0 Å². The molecule has 15 heavy (non-hydrogen) atoms. The Morgan fingerprint density at radius 1 is 1.53 bits per heavy atom. The second-order valence-electron chi connectivity index (χ2n) is 3.21. The van der Waals surface area contributed by atoms with Gasteiger partial charge in [-0.05, 0) is 25.1 Å². The summed E-state index contributed by atoms with van der Waals surface area (Å²) < 4.78 is 0. The van der Waals surface area contributed by atoms with Gasteiger partial charge in [0.15, 0.2) is 0 Å². The van der Waals surface area contributed by atoms with E-state index in [4.69, 9.17) is 16.8 Å². The van der Waals surface area contributed by atoms with Gasteiger partial charge in [0.2, 0.25) is 5.78 Å². The second-order valence-corrected chi connectivity index (χ2v) is 5.03. The fourth-order valence-electron chi connectivity index (χ4n) is 1.48. The second kappa shape index (κ2) is 3.87. The Morgan fingerprint density at radius 3 is 2.93 bits per heavy atom. The molecule has 0 saturated carbocycles. The van der Waals surface area contributed by atoms with Gasteiger partial charge in [-0.25, -0.2) is 0 Å². The molecule has 0 spiro atoms. The quantitative estimate of drug-likeness (QED) is 0.561. The Morgan fingerprint density at radius 2 is 2.27 bits per heavy atom. The summed E-state index contributed by atoms with van der Waals surface area (Å²) in [6.07, 6.45) is 0. The molecule has 78 valence electrons. The van der Waals surface area contributed by atoms with Crippen LogP contribution in [-0.4, -0.2) is 22.0 Å². The lowest BCUT2D eigenvalue weighted by Gasteiger charge is -2.20. The third kappa shape index (κ3) is 1.75. The Labute approximate surface area is 96.1 Å². The van der Waals surface area contributed by atoms with Crippen LogP contribution in [0.15, 0.2) is 28.3 Å². The largest absolute Gasteiger partial charge is 0.410 e. The van der Waals surface area contributed by atoms with Crippen molar-refractivity contribution in [2.75, 3.05) is 0 Å². The monoisotopic (exact) mass is 241 g/mol. The maximum atomic E-state index is 11.8. The van der Waals surface area contributed by atoms with Crippen LogP contribution in [0.4, 0.5) is 0 Å². The van der Waals surface area contributed by atoms with Gasteiger partial charge >= 0.3 is 0 Å². The van der Waals surface area contributed by atoms with Crippen molar-refractivity contribution in [2.45, 2.75) is 17.1 Å². The van der Waals surface area contributed by atoms with E-state index in [9.17, 15) is 4.79 Å². The zero-order chi connectivity index (χ0) is 11.0. The minimum atomic E-state index is -0.249. The van der Waals surface area contributed by atoms with Gasteiger partial charge in [-0.15, -0.1) is 11.8 Å². The number of Topliss-reactive ketones (excluding diaryl/α,β-unsaturated/α-hetero) is 1. The van der Waals surface area contributed by atoms with Crippen molar-refractivity contribution in [3.8, 4) is 0 Å². The lowest BCUT2D eigenvalue weighted by atomic mass is 10.0. The molecule has 0 bridgehead atoms. The SMILES string of the molecule is CC1Sc2ccc(Cl)cc2C(=O)/C1=N/O. The highest BCUT2D eigenvalue weighted by Crippen LogP contribution is 2.35. The molecule has 0 aromatic heterocycles. The highest BCUT2D eigenvalue weighted by atomic mass is 35.5. The maximum Gasteiger partial charge on any atom is 0.212 e. The Bertz CT molecular complexity index is 459. The summed E-state index contributed by atoms with van der Waals surface area (Å²) in [4.78, 5) is 12.7. The van der Waals surface area contributed by atoms with Crippen molar-refractivity contribution >= 4 is 34.9 Å². The molecule has 1 aliphatic heterocycles. The number of thioether (sulfide) groups is 1. The summed E-state index contributed by atoms with van der Waals surface area (Å²) in [6.45, 7) is 1.83. The van der Waals surface area contributed by atoms with Gasteiger partial charge in [0.05, 0.1) is 5.25 Å². The fourth-order valence-corrected chi connectivity index (χ4v) is 2.72. The predicted molar refractivity (Wildman–Crippen MR) is 60.3 cm³/mol. The molecule has 1 unspecified atom stereocenters. The van der Waals surface area contributed by atoms with Crippen molar-refractivity contribution in [1.29, 1.82) is 0 Å². The lowest BCUT2D eigenvalue weighted by Crippen LogP contribution is -2.28. The van der Waals surface area contributed by atoms with Crippen LogP contribution in [0.5, 0.6) is 0 Å². The molecule has 0 saturated heterocycles. The number of oxime groups is 1. The van der Waals surface area contributed by atoms with Crippen LogP contribution in [0.3, 0.4) is 0 Å². The molecule has 1 aromatic rings. The molecule has 2 rings (SSSR count). The molecule has 1 aliphatic rings. The predicted octanol–water partition coefficient (Wildman–Crippen LogP) is 2.85. The summed E-state index contributed by atoms with van der Waals surface area (Å²) in [5.41, 5.74) is 0.688. The molecule has 5 heteroatoms. The molecule has 1 heterocycles. The number of hydrogen-bond acceptors (Lipinski definition) is 4. The van der Waals surface area contributed by atoms with Gasteiger partial charge in [-0.1, -0.05) is 16.8 Å². The standard InChI is InChI=1S/C10H8ClNO2S/c1-5-9(12-14)10(13)7-4-6(11)2-3-8(7)15-5/h2-5,14H,1H3/b12-9+. The first-order chi connectivity index (χ1) is 7.13. The van der Waals surface area contributed by atoms with Crippen LogP contribution in [0, 0.1) is 0 Å². The summed E-state index contributed by atoms with van der Waals surface area (Å²) in [7, 11) is 0. The number of hydrogen-bond donors (Lipinski definition) is 1. The molecule has 1 N–H and O–H groups in total. The minimum Gasteiger partial charge on any atom is -0.410 e. The third-order valence-electron chi connectivity index (χ3n) is 2.22. The zero-order valence-corrected chi connectivity index (χ0v) is 9.47. The first-order valence-electron chi connectivity index (χ1n) is 4.36. The van der Waals surface area contributed by atoms with Gasteiger partial charge in [0.1, 0.15) is 5.71 Å². The molecule has 0 aliphatic carbocycles. The van der Waals surface area contributed by atoms with Crippen LogP contribution in [0.25, 0.3) is 0 Å². The van der Waals surface area contributed by atoms with Gasteiger partial charge < -0.3 is 5.21 Å². The maximum absolute atomic E-state index is 11.8. The molecule has 0 amide bonds. The van der Waals surface area contributed by atoms with E-state index in [1.165, 1.54) is 11.8 Å². The zero-order valence-electron chi connectivity index (χ0n) is 7.90. The van der Waals surface area contributed by atoms with E-state index in [2.05, 4.69) is 5.16 Å². The average molecular weight is 242 g/mol. The van der Waals surface area contributed by atoms with E-state index >= 15 is 0 Å². The topological polar surface area (TPSA) is 49.7 Å². The Hall–Kier alpha value is -1.00. The number of ketones is 1. The summed E-state index contributed by atoms with van der Waals surface area (Å²) in [6, 6.07) is 5.16. The number of nitrogens with zero attached hydrogens (tertiary/aromatic N) is 1. The highest BCUT2D eigenvalue weighted by Gasteiger charge is 2.30. The molecule has 1 aromatic carbocycles. The van der Waals surface area contributed by atoms with Crippen molar-refractivity contribution in [3.63, 3.8) is 0 Å². The summed E-state index contributed by atoms with van der Waals surface area (Å²) in [5, 5.41) is 12.2. The number of benzene rings is 1. The number of halogens is 1. The van der Waals surface area contributed by atoms with Crippen molar-refractivity contribution in [2.24, 2.45) is 5.16 Å². The van der Waals surface area contributed by atoms with Crippen LogP contribution in [0.1, 0.15) is 17.3 Å². The summed E-state index contributed by atoms with van der Waals surface area (Å²) >= 11 is 7.29. The van der Waals surface area contributed by atoms with E-state index in [1.807, 2.05) is 13.0 Å². The van der Waals surface area contributed by atoms with Gasteiger partial charge in [-0.3, -0.25) is 4.79 Å². The first kappa shape index (κ1) is 10.5. The third-order valence-corrected chi connectivity index (χ3v) is 3.64. The molecular weight excluding hydrogens is 234 g/mol. The van der Waals surface area contributed by atoms with Crippen LogP contribution in [-0.2, 0) is 0 Å². The molecule has 0 fully saturated rings. The average Bonchev–Trinajstić information content (AvgIpc) is 2.20. The van der Waals surface area contributed by atoms with E-state index in [0.717, 1.165) is 4.90 Å². The first-order valence-corrected chi connectivity index (χ1v) is 5.62. The van der Waals surface area contributed by atoms with Crippen LogP contribution >= 0.6 is 23.4 Å². The summed E-state index contributed by atoms with van der Waals surface area (Å²) in [5.74, 6) is -0.249. The van der Waals surface area contributed by atoms with Crippen molar-refractivity contribution in [3.05, 3.63) is 28.8 Å². The van der Waals surface area contributed by atoms with E-state index < -0.39 is 0 Å². The lowest BCUT2D eigenvalue weighted by molar-refractivity contribution is 0.105. The Balaban J connectivity index is 2.56. The van der Waals surface area contributed by atoms with Crippen LogP contribution < -0.4 is 0 Å². The molecule has 1 atom stereocenters. The van der Waals surface area contributed by atoms with Gasteiger partial charge in [0.25, 0.3) is 0 Å². The Kier molecular flexibility index (Phi) is 2.71. The molecular formula is C10H8ClNO2S. The van der Waals surface area contributed by atoms with Crippen molar-refractivity contribution < 1.29 is 10.0 Å². The number of rotatable bonds is 0.